The van der Waals surface area contributed by atoms with Crippen LogP contribution in [-0.2, 0) is 0 Å². The Kier molecular flexibility index (Phi) is 4.80. The van der Waals surface area contributed by atoms with E-state index < -0.39 is 0 Å². The molecule has 3 N–H and O–H groups in total. The zero-order valence-electron chi connectivity index (χ0n) is 9.35. The summed E-state index contributed by atoms with van der Waals surface area (Å²) in [5.74, 6) is 0.121. The van der Waals surface area contributed by atoms with Crippen LogP contribution in [0.25, 0.3) is 0 Å². The highest BCUT2D eigenvalue weighted by Crippen LogP contribution is 1.94. The third-order valence-corrected chi connectivity index (χ3v) is 2.03. The highest BCUT2D eigenvalue weighted by atomic mass is 14.7. The first kappa shape index (κ1) is 12.0. The molecule has 0 unspecified atom stereocenters. The Morgan fingerprint density at radius 3 is 1.56 bits per heavy atom. The second kappa shape index (κ2) is 6.40. The third-order valence-electron chi connectivity index (χ3n) is 2.03. The largest absolute Gasteiger partial charge is 0.384 e. The summed E-state index contributed by atoms with van der Waals surface area (Å²) in [7, 11) is 0. The van der Waals surface area contributed by atoms with E-state index >= 15 is 0 Å². The first-order chi connectivity index (χ1) is 7.70. The summed E-state index contributed by atoms with van der Waals surface area (Å²) in [5, 5.41) is 7.01. The van der Waals surface area contributed by atoms with Crippen molar-refractivity contribution < 1.29 is 0 Å². The van der Waals surface area contributed by atoms with Gasteiger partial charge in [-0.2, -0.15) is 0 Å². The third kappa shape index (κ3) is 4.42. The van der Waals surface area contributed by atoms with Crippen LogP contribution < -0.4 is 5.73 Å². The van der Waals surface area contributed by atoms with E-state index in [0.29, 0.717) is 0 Å². The predicted octanol–water partition coefficient (Wildman–Crippen LogP) is 2.97. The summed E-state index contributed by atoms with van der Waals surface area (Å²) < 4.78 is 0. The van der Waals surface area contributed by atoms with E-state index in [0.717, 1.165) is 5.56 Å². The molecular formula is C14H16N2. The minimum Gasteiger partial charge on any atom is -0.384 e. The molecule has 0 atom stereocenters. The molecule has 0 amide bonds. The van der Waals surface area contributed by atoms with Crippen LogP contribution in [0.4, 0.5) is 0 Å². The zero-order valence-corrected chi connectivity index (χ0v) is 9.35. The number of rotatable bonds is 1. The average molecular weight is 212 g/mol. The number of nitrogen functional groups attached to an aromatic ring is 1. The van der Waals surface area contributed by atoms with Crippen molar-refractivity contribution in [3.05, 3.63) is 71.8 Å². The Hall–Kier alpha value is -2.09. The van der Waals surface area contributed by atoms with Crippen LogP contribution in [-0.4, -0.2) is 5.84 Å². The van der Waals surface area contributed by atoms with Crippen LogP contribution in [0.1, 0.15) is 11.1 Å². The first-order valence-corrected chi connectivity index (χ1v) is 5.11. The Labute approximate surface area is 96.2 Å². The van der Waals surface area contributed by atoms with Crippen molar-refractivity contribution in [3.8, 4) is 0 Å². The van der Waals surface area contributed by atoms with E-state index in [1.807, 2.05) is 48.5 Å². The maximum atomic E-state index is 7.01. The Bertz CT molecular complexity index is 421. The van der Waals surface area contributed by atoms with Crippen LogP contribution in [0, 0.1) is 12.3 Å². The summed E-state index contributed by atoms with van der Waals surface area (Å²) in [4.78, 5) is 0. The molecule has 2 aromatic rings. The molecule has 0 radical (unpaired) electrons. The molecule has 2 heteroatoms. The van der Waals surface area contributed by atoms with Crippen LogP contribution >= 0.6 is 0 Å². The van der Waals surface area contributed by atoms with E-state index in [1.54, 1.807) is 0 Å². The van der Waals surface area contributed by atoms with Crippen molar-refractivity contribution >= 4 is 5.84 Å². The van der Waals surface area contributed by atoms with Gasteiger partial charge in [0.25, 0.3) is 0 Å². The second-order valence-corrected chi connectivity index (χ2v) is 3.43. The molecule has 16 heavy (non-hydrogen) atoms. The Morgan fingerprint density at radius 2 is 1.31 bits per heavy atom. The second-order valence-electron chi connectivity index (χ2n) is 3.43. The molecular weight excluding hydrogens is 196 g/mol. The molecule has 0 bridgehead atoms. The minimum atomic E-state index is 0.121. The fourth-order valence-electron chi connectivity index (χ4n) is 1.15. The van der Waals surface area contributed by atoms with Gasteiger partial charge in [0.1, 0.15) is 5.84 Å². The molecule has 0 heterocycles. The van der Waals surface area contributed by atoms with Gasteiger partial charge in [0.2, 0.25) is 0 Å². The van der Waals surface area contributed by atoms with E-state index in [2.05, 4.69) is 19.1 Å². The molecule has 0 saturated heterocycles. The van der Waals surface area contributed by atoms with Gasteiger partial charge in [-0.15, -0.1) is 0 Å². The molecule has 0 aliphatic carbocycles. The van der Waals surface area contributed by atoms with E-state index in [1.165, 1.54) is 5.56 Å². The van der Waals surface area contributed by atoms with Gasteiger partial charge in [-0.05, 0) is 6.92 Å². The van der Waals surface area contributed by atoms with Crippen molar-refractivity contribution in [2.24, 2.45) is 5.73 Å². The summed E-state index contributed by atoms with van der Waals surface area (Å²) in [5.41, 5.74) is 7.29. The summed E-state index contributed by atoms with van der Waals surface area (Å²) in [6.07, 6.45) is 0. The molecule has 2 rings (SSSR count). The highest BCUT2D eigenvalue weighted by molar-refractivity contribution is 5.94. The predicted molar refractivity (Wildman–Crippen MR) is 68.6 cm³/mol. The average Bonchev–Trinajstić information content (AvgIpc) is 2.32. The van der Waals surface area contributed by atoms with E-state index in [-0.39, 0.29) is 5.84 Å². The summed E-state index contributed by atoms with van der Waals surface area (Å²) in [6, 6.07) is 19.5. The molecule has 0 spiro atoms. The molecule has 0 aliphatic rings. The minimum absolute atomic E-state index is 0.121. The Balaban J connectivity index is 0.000000165. The van der Waals surface area contributed by atoms with Gasteiger partial charge in [-0.1, -0.05) is 66.2 Å². The van der Waals surface area contributed by atoms with Gasteiger partial charge < -0.3 is 5.73 Å². The lowest BCUT2D eigenvalue weighted by molar-refractivity contribution is 1.42. The smallest absolute Gasteiger partial charge is 0.122 e. The summed E-state index contributed by atoms with van der Waals surface area (Å²) in [6.45, 7) is 2.08. The number of amidine groups is 1. The zero-order chi connectivity index (χ0) is 11.8. The van der Waals surface area contributed by atoms with Gasteiger partial charge in [-0.3, -0.25) is 5.41 Å². The topological polar surface area (TPSA) is 49.9 Å². The molecule has 2 aromatic carbocycles. The lowest BCUT2D eigenvalue weighted by Gasteiger charge is -1.93. The lowest BCUT2D eigenvalue weighted by atomic mass is 10.2. The molecule has 0 saturated carbocycles. The van der Waals surface area contributed by atoms with E-state index in [9.17, 15) is 0 Å². The van der Waals surface area contributed by atoms with Crippen molar-refractivity contribution in [3.63, 3.8) is 0 Å². The monoisotopic (exact) mass is 212 g/mol. The van der Waals surface area contributed by atoms with Gasteiger partial charge in [-0.25, -0.2) is 0 Å². The van der Waals surface area contributed by atoms with Crippen molar-refractivity contribution in [2.75, 3.05) is 0 Å². The Morgan fingerprint density at radius 1 is 0.875 bits per heavy atom. The van der Waals surface area contributed by atoms with Crippen molar-refractivity contribution in [1.82, 2.24) is 0 Å². The SMILES string of the molecule is Cc1ccccc1.N=C(N)c1ccccc1. The molecule has 0 aromatic heterocycles. The number of benzene rings is 2. The molecule has 2 nitrogen and oxygen atoms in total. The number of aryl methyl sites for hydroxylation is 1. The van der Waals surface area contributed by atoms with Gasteiger partial charge >= 0.3 is 0 Å². The van der Waals surface area contributed by atoms with Crippen LogP contribution in [0.3, 0.4) is 0 Å². The standard InChI is InChI=1S/C7H8N2.C7H8/c8-7(9)6-4-2-1-3-5-6;1-7-5-3-2-4-6-7/h1-5H,(H3,8,9);2-6H,1H3. The fourth-order valence-corrected chi connectivity index (χ4v) is 1.15. The van der Waals surface area contributed by atoms with Crippen LogP contribution in [0.5, 0.6) is 0 Å². The van der Waals surface area contributed by atoms with E-state index in [4.69, 9.17) is 11.1 Å². The maximum Gasteiger partial charge on any atom is 0.122 e. The normalized spacial score (nSPS) is 8.81. The fraction of sp³-hybridized carbons (Fsp3) is 0.0714. The van der Waals surface area contributed by atoms with Crippen molar-refractivity contribution in [1.29, 1.82) is 5.41 Å². The van der Waals surface area contributed by atoms with Gasteiger partial charge in [0.15, 0.2) is 0 Å². The number of nitrogens with one attached hydrogen (secondary N) is 1. The molecule has 0 aliphatic heterocycles. The maximum absolute atomic E-state index is 7.01. The summed E-state index contributed by atoms with van der Waals surface area (Å²) >= 11 is 0. The van der Waals surface area contributed by atoms with Crippen LogP contribution in [0.15, 0.2) is 60.7 Å². The highest BCUT2D eigenvalue weighted by Gasteiger charge is 1.89. The molecule has 82 valence electrons. The number of hydrogen-bond acceptors (Lipinski definition) is 1. The molecule has 0 fully saturated rings. The van der Waals surface area contributed by atoms with Gasteiger partial charge in [0.05, 0.1) is 0 Å². The lowest BCUT2D eigenvalue weighted by Crippen LogP contribution is -2.10. The first-order valence-electron chi connectivity index (χ1n) is 5.11. The quantitative estimate of drug-likeness (QED) is 0.554. The van der Waals surface area contributed by atoms with Crippen LogP contribution in [0.2, 0.25) is 0 Å². The number of nitrogens with two attached hydrogens (primary N) is 1. The van der Waals surface area contributed by atoms with Crippen molar-refractivity contribution in [2.45, 2.75) is 6.92 Å². The number of hydrogen-bond donors (Lipinski definition) is 2. The van der Waals surface area contributed by atoms with Gasteiger partial charge in [0, 0.05) is 5.56 Å².